The van der Waals surface area contributed by atoms with Crippen molar-refractivity contribution in [2.45, 2.75) is 18.2 Å². The van der Waals surface area contributed by atoms with Gasteiger partial charge in [0.1, 0.15) is 5.75 Å². The molecule has 0 fully saturated rings. The van der Waals surface area contributed by atoms with Gasteiger partial charge in [0.25, 0.3) is 0 Å². The minimum absolute atomic E-state index is 0.0560. The number of carbonyl (C=O) groups is 1. The molecule has 0 bridgehead atoms. The van der Waals surface area contributed by atoms with Gasteiger partial charge in [-0.25, -0.2) is 0 Å². The summed E-state index contributed by atoms with van der Waals surface area (Å²) in [5, 5.41) is 9.59. The van der Waals surface area contributed by atoms with Gasteiger partial charge >= 0.3 is 0 Å². The number of rotatable bonds is 7. The van der Waals surface area contributed by atoms with Crippen LogP contribution in [0.25, 0.3) is 0 Å². The largest absolute Gasteiger partial charge is 0.481 e. The molecule has 0 aliphatic rings. The zero-order chi connectivity index (χ0) is 18.5. The van der Waals surface area contributed by atoms with E-state index in [0.717, 1.165) is 0 Å². The van der Waals surface area contributed by atoms with E-state index in [9.17, 15) is 4.79 Å². The molecule has 134 valence electrons. The van der Waals surface area contributed by atoms with Crippen LogP contribution >= 0.6 is 23.4 Å². The molecule has 0 aliphatic heterocycles. The fourth-order valence-electron chi connectivity index (χ4n) is 2.43. The number of para-hydroxylation sites is 1. The maximum Gasteiger partial charge on any atom is 0.191 e. The Kier molecular flexibility index (Phi) is 5.96. The first kappa shape index (κ1) is 18.5. The summed E-state index contributed by atoms with van der Waals surface area (Å²) in [4.78, 5) is 12.2. The third-order valence-electron chi connectivity index (χ3n) is 3.80. The van der Waals surface area contributed by atoms with Crippen molar-refractivity contribution in [3.63, 3.8) is 0 Å². The lowest BCUT2D eigenvalue weighted by Crippen LogP contribution is -2.10. The summed E-state index contributed by atoms with van der Waals surface area (Å²) in [6.07, 6.45) is -0.327. The van der Waals surface area contributed by atoms with Gasteiger partial charge in [-0.1, -0.05) is 65.8 Å². The van der Waals surface area contributed by atoms with Gasteiger partial charge in [-0.3, -0.25) is 4.79 Å². The summed E-state index contributed by atoms with van der Waals surface area (Å²) in [5.74, 6) is 1.62. The number of ether oxygens (including phenoxy) is 1. The molecule has 0 spiro atoms. The first-order valence-corrected chi connectivity index (χ1v) is 9.44. The van der Waals surface area contributed by atoms with Gasteiger partial charge in [-0.05, 0) is 19.1 Å². The molecule has 1 atom stereocenters. The lowest BCUT2D eigenvalue weighted by molar-refractivity contribution is 0.102. The average Bonchev–Trinajstić information content (AvgIpc) is 3.03. The van der Waals surface area contributed by atoms with Gasteiger partial charge in [-0.2, -0.15) is 0 Å². The van der Waals surface area contributed by atoms with Crippen LogP contribution in [0.5, 0.6) is 5.75 Å². The quantitative estimate of drug-likeness (QED) is 0.438. The second kappa shape index (κ2) is 8.38. The first-order valence-electron chi connectivity index (χ1n) is 8.07. The first-order chi connectivity index (χ1) is 12.6. The minimum atomic E-state index is -0.327. The van der Waals surface area contributed by atoms with E-state index in [1.807, 2.05) is 67.1 Å². The molecule has 0 N–H and O–H groups in total. The van der Waals surface area contributed by atoms with Crippen molar-refractivity contribution in [2.75, 3.05) is 5.75 Å². The van der Waals surface area contributed by atoms with Crippen LogP contribution in [-0.4, -0.2) is 26.3 Å². The fraction of sp³-hybridized carbons (Fsp3) is 0.211. The Hall–Kier alpha value is -2.31. The molecule has 1 aromatic heterocycles. The Morgan fingerprint density at radius 2 is 1.85 bits per heavy atom. The van der Waals surface area contributed by atoms with E-state index < -0.39 is 0 Å². The Balaban J connectivity index is 1.66. The highest BCUT2D eigenvalue weighted by molar-refractivity contribution is 7.99. The summed E-state index contributed by atoms with van der Waals surface area (Å²) in [6, 6.07) is 16.5. The van der Waals surface area contributed by atoms with E-state index in [1.165, 1.54) is 11.8 Å². The fourth-order valence-corrected chi connectivity index (χ4v) is 3.42. The highest BCUT2D eigenvalue weighted by atomic mass is 35.5. The second-order valence-corrected chi connectivity index (χ2v) is 7.02. The zero-order valence-electron chi connectivity index (χ0n) is 14.4. The molecule has 3 rings (SSSR count). The standard InChI is InChI=1S/C19H18ClN3O2S/c1-13(25-17-11-7-6-10-15(17)20)18-21-22-19(23(18)2)26-12-16(24)14-8-4-3-5-9-14/h3-11,13H,12H2,1-2H3. The molecule has 2 aromatic carbocycles. The molecule has 0 aliphatic carbocycles. The summed E-state index contributed by atoms with van der Waals surface area (Å²) < 4.78 is 7.73. The van der Waals surface area contributed by atoms with Crippen LogP contribution in [0.4, 0.5) is 0 Å². The van der Waals surface area contributed by atoms with Crippen molar-refractivity contribution in [3.05, 3.63) is 71.0 Å². The van der Waals surface area contributed by atoms with Gasteiger partial charge in [0, 0.05) is 12.6 Å². The van der Waals surface area contributed by atoms with E-state index in [2.05, 4.69) is 10.2 Å². The van der Waals surface area contributed by atoms with E-state index in [4.69, 9.17) is 16.3 Å². The van der Waals surface area contributed by atoms with Crippen molar-refractivity contribution in [1.82, 2.24) is 14.8 Å². The van der Waals surface area contributed by atoms with Crippen LogP contribution in [0.15, 0.2) is 59.8 Å². The highest BCUT2D eigenvalue weighted by Crippen LogP contribution is 2.29. The minimum Gasteiger partial charge on any atom is -0.481 e. The molecule has 0 radical (unpaired) electrons. The Bertz CT molecular complexity index is 899. The lowest BCUT2D eigenvalue weighted by atomic mass is 10.2. The Morgan fingerprint density at radius 1 is 1.15 bits per heavy atom. The van der Waals surface area contributed by atoms with Crippen LogP contribution in [0, 0.1) is 0 Å². The number of thioether (sulfide) groups is 1. The average molecular weight is 388 g/mol. The van der Waals surface area contributed by atoms with Gasteiger partial charge in [0.05, 0.1) is 10.8 Å². The van der Waals surface area contributed by atoms with Crippen molar-refractivity contribution in [1.29, 1.82) is 0 Å². The molecule has 0 saturated carbocycles. The second-order valence-electron chi connectivity index (χ2n) is 5.67. The number of benzene rings is 2. The third kappa shape index (κ3) is 4.26. The van der Waals surface area contributed by atoms with Gasteiger partial charge in [0.2, 0.25) is 0 Å². The van der Waals surface area contributed by atoms with E-state index in [0.29, 0.717) is 33.1 Å². The molecule has 7 heteroatoms. The molecular weight excluding hydrogens is 370 g/mol. The molecule has 1 heterocycles. The number of hydrogen-bond acceptors (Lipinski definition) is 5. The van der Waals surface area contributed by atoms with Crippen LogP contribution < -0.4 is 4.74 Å². The number of halogens is 1. The summed E-state index contributed by atoms with van der Waals surface area (Å²) in [6.45, 7) is 1.89. The maximum atomic E-state index is 12.2. The van der Waals surface area contributed by atoms with E-state index >= 15 is 0 Å². The lowest BCUT2D eigenvalue weighted by Gasteiger charge is -2.15. The summed E-state index contributed by atoms with van der Waals surface area (Å²) in [5.41, 5.74) is 0.692. The summed E-state index contributed by atoms with van der Waals surface area (Å²) >= 11 is 7.49. The predicted molar refractivity (Wildman–Crippen MR) is 103 cm³/mol. The molecule has 0 amide bonds. The Labute approximate surface area is 161 Å². The van der Waals surface area contributed by atoms with Crippen LogP contribution in [0.2, 0.25) is 5.02 Å². The SMILES string of the molecule is CC(Oc1ccccc1Cl)c1nnc(SCC(=O)c2ccccc2)n1C. The number of hydrogen-bond donors (Lipinski definition) is 0. The molecule has 3 aromatic rings. The van der Waals surface area contributed by atoms with Crippen molar-refractivity contribution >= 4 is 29.1 Å². The van der Waals surface area contributed by atoms with E-state index in [-0.39, 0.29) is 11.9 Å². The van der Waals surface area contributed by atoms with Gasteiger partial charge < -0.3 is 9.30 Å². The monoisotopic (exact) mass is 387 g/mol. The topological polar surface area (TPSA) is 57.0 Å². The van der Waals surface area contributed by atoms with Gasteiger partial charge in [-0.15, -0.1) is 10.2 Å². The molecule has 5 nitrogen and oxygen atoms in total. The smallest absolute Gasteiger partial charge is 0.191 e. The Morgan fingerprint density at radius 3 is 2.58 bits per heavy atom. The molecule has 0 saturated heterocycles. The maximum absolute atomic E-state index is 12.2. The molecule has 26 heavy (non-hydrogen) atoms. The molecular formula is C19H18ClN3O2S. The number of ketones is 1. The van der Waals surface area contributed by atoms with Crippen LogP contribution in [0.1, 0.15) is 29.2 Å². The highest BCUT2D eigenvalue weighted by Gasteiger charge is 2.19. The van der Waals surface area contributed by atoms with Crippen molar-refractivity contribution in [2.24, 2.45) is 7.05 Å². The molecule has 1 unspecified atom stereocenters. The number of carbonyl (C=O) groups excluding carboxylic acids is 1. The van der Waals surface area contributed by atoms with Crippen LogP contribution in [-0.2, 0) is 7.05 Å². The zero-order valence-corrected chi connectivity index (χ0v) is 16.0. The normalized spacial score (nSPS) is 12.0. The third-order valence-corrected chi connectivity index (χ3v) is 5.13. The summed E-state index contributed by atoms with van der Waals surface area (Å²) in [7, 11) is 1.86. The van der Waals surface area contributed by atoms with Gasteiger partial charge in [0.15, 0.2) is 22.9 Å². The number of nitrogens with zero attached hydrogens (tertiary/aromatic N) is 3. The van der Waals surface area contributed by atoms with E-state index in [1.54, 1.807) is 6.07 Å². The number of aromatic nitrogens is 3. The van der Waals surface area contributed by atoms with Crippen LogP contribution in [0.3, 0.4) is 0 Å². The van der Waals surface area contributed by atoms with Crippen molar-refractivity contribution < 1.29 is 9.53 Å². The predicted octanol–water partition coefficient (Wildman–Crippen LogP) is 4.58. The van der Waals surface area contributed by atoms with Crippen molar-refractivity contribution in [3.8, 4) is 5.75 Å². The number of Topliss-reactive ketones (excluding diaryl/α,β-unsaturated/α-hetero) is 1.